The molecule has 0 aliphatic heterocycles. The second-order valence-electron chi connectivity index (χ2n) is 6.74. The Morgan fingerprint density at radius 1 is 1.11 bits per heavy atom. The number of nitrogens with one attached hydrogen (secondary N) is 1. The number of para-hydroxylation sites is 2. The molecule has 0 aliphatic carbocycles. The zero-order valence-electron chi connectivity index (χ0n) is 15.8. The molecule has 4 nitrogen and oxygen atoms in total. The highest BCUT2D eigenvalue weighted by atomic mass is 35.5. The molecule has 144 valence electrons. The number of aromatic nitrogens is 2. The van der Waals surface area contributed by atoms with Crippen LogP contribution in [0.15, 0.2) is 48.5 Å². The second kappa shape index (κ2) is 9.96. The molecule has 0 fully saturated rings. The lowest BCUT2D eigenvalue weighted by atomic mass is 10.1. The van der Waals surface area contributed by atoms with E-state index in [0.717, 1.165) is 48.1 Å². The van der Waals surface area contributed by atoms with Gasteiger partial charge in [-0.2, -0.15) is 0 Å². The van der Waals surface area contributed by atoms with Gasteiger partial charge in [-0.3, -0.25) is 4.79 Å². The normalized spacial score (nSPS) is 10.7. The number of carbonyl (C=O) groups is 1. The molecule has 0 aliphatic rings. The van der Waals surface area contributed by atoms with Gasteiger partial charge < -0.3 is 9.88 Å². The number of amides is 1. The van der Waals surface area contributed by atoms with Crippen molar-refractivity contribution in [2.24, 2.45) is 0 Å². The SMILES string of the molecule is C#CCn1c(CCCCCNC(=O)Cc2ccccc2Cl)nc2ccccc21. The maximum Gasteiger partial charge on any atom is 0.224 e. The number of rotatable bonds is 9. The van der Waals surface area contributed by atoms with Gasteiger partial charge in [0, 0.05) is 18.0 Å². The van der Waals surface area contributed by atoms with Crippen molar-refractivity contribution in [1.82, 2.24) is 14.9 Å². The highest BCUT2D eigenvalue weighted by Gasteiger charge is 2.09. The van der Waals surface area contributed by atoms with Gasteiger partial charge in [0.1, 0.15) is 5.82 Å². The fourth-order valence-electron chi connectivity index (χ4n) is 3.27. The van der Waals surface area contributed by atoms with Gasteiger partial charge in [-0.05, 0) is 36.6 Å². The van der Waals surface area contributed by atoms with Crippen molar-refractivity contribution in [3.05, 3.63) is 64.9 Å². The molecule has 0 saturated heterocycles. The standard InChI is InChI=1S/C23H24ClN3O/c1-2-16-27-21-13-8-7-12-20(21)26-22(27)14-4-3-9-15-25-23(28)17-18-10-5-6-11-19(18)24/h1,5-8,10-13H,3-4,9,14-17H2,(H,25,28). The van der Waals surface area contributed by atoms with Crippen LogP contribution < -0.4 is 5.32 Å². The minimum atomic E-state index is 0.00362. The molecule has 0 saturated carbocycles. The number of imidazole rings is 1. The molecule has 1 aromatic heterocycles. The molecule has 0 unspecified atom stereocenters. The van der Waals surface area contributed by atoms with E-state index in [0.29, 0.717) is 24.5 Å². The van der Waals surface area contributed by atoms with E-state index in [1.165, 1.54) is 0 Å². The Morgan fingerprint density at radius 3 is 2.71 bits per heavy atom. The number of halogens is 1. The molecule has 0 radical (unpaired) electrons. The average molecular weight is 394 g/mol. The van der Waals surface area contributed by atoms with Crippen LogP contribution in [0.25, 0.3) is 11.0 Å². The quantitative estimate of drug-likeness (QED) is 0.432. The molecular weight excluding hydrogens is 370 g/mol. The van der Waals surface area contributed by atoms with Crippen LogP contribution >= 0.6 is 11.6 Å². The van der Waals surface area contributed by atoms with Crippen molar-refractivity contribution >= 4 is 28.5 Å². The number of fused-ring (bicyclic) bond motifs is 1. The minimum absolute atomic E-state index is 0.00362. The van der Waals surface area contributed by atoms with E-state index in [1.807, 2.05) is 36.4 Å². The third-order valence-electron chi connectivity index (χ3n) is 4.69. The maximum atomic E-state index is 12.0. The van der Waals surface area contributed by atoms with Gasteiger partial charge in [-0.1, -0.05) is 54.3 Å². The molecule has 0 spiro atoms. The number of hydrogen-bond donors (Lipinski definition) is 1. The number of aryl methyl sites for hydroxylation is 1. The highest BCUT2D eigenvalue weighted by Crippen LogP contribution is 2.18. The molecule has 2 aromatic carbocycles. The van der Waals surface area contributed by atoms with Crippen LogP contribution in [-0.4, -0.2) is 22.0 Å². The lowest BCUT2D eigenvalue weighted by Crippen LogP contribution is -2.26. The minimum Gasteiger partial charge on any atom is -0.356 e. The van der Waals surface area contributed by atoms with Gasteiger partial charge in [0.05, 0.1) is 24.0 Å². The van der Waals surface area contributed by atoms with Crippen molar-refractivity contribution in [2.75, 3.05) is 6.54 Å². The summed E-state index contributed by atoms with van der Waals surface area (Å²) >= 11 is 6.09. The van der Waals surface area contributed by atoms with Crippen LogP contribution in [0, 0.1) is 12.3 Å². The Kier molecular flexibility index (Phi) is 7.11. The van der Waals surface area contributed by atoms with Crippen LogP contribution in [0.5, 0.6) is 0 Å². The Hall–Kier alpha value is -2.77. The lowest BCUT2D eigenvalue weighted by molar-refractivity contribution is -0.120. The molecule has 1 heterocycles. The largest absolute Gasteiger partial charge is 0.356 e. The summed E-state index contributed by atoms with van der Waals surface area (Å²) in [5.41, 5.74) is 2.93. The molecule has 5 heteroatoms. The zero-order valence-corrected chi connectivity index (χ0v) is 16.6. The van der Waals surface area contributed by atoms with E-state index in [1.54, 1.807) is 6.07 Å². The fourth-order valence-corrected chi connectivity index (χ4v) is 3.48. The van der Waals surface area contributed by atoms with Crippen molar-refractivity contribution in [1.29, 1.82) is 0 Å². The van der Waals surface area contributed by atoms with Gasteiger partial charge >= 0.3 is 0 Å². The number of nitrogens with zero attached hydrogens (tertiary/aromatic N) is 2. The van der Waals surface area contributed by atoms with Crippen LogP contribution in [0.3, 0.4) is 0 Å². The Balaban J connectivity index is 1.41. The van der Waals surface area contributed by atoms with Gasteiger partial charge in [-0.15, -0.1) is 6.42 Å². The highest BCUT2D eigenvalue weighted by molar-refractivity contribution is 6.31. The van der Waals surface area contributed by atoms with Crippen molar-refractivity contribution in [2.45, 2.75) is 38.6 Å². The van der Waals surface area contributed by atoms with E-state index >= 15 is 0 Å². The van der Waals surface area contributed by atoms with Gasteiger partial charge in [0.25, 0.3) is 0 Å². The predicted octanol–water partition coefficient (Wildman–Crippen LogP) is 4.39. The first-order valence-electron chi connectivity index (χ1n) is 9.56. The predicted molar refractivity (Wildman–Crippen MR) is 114 cm³/mol. The number of benzene rings is 2. The second-order valence-corrected chi connectivity index (χ2v) is 7.14. The maximum absolute atomic E-state index is 12.0. The zero-order chi connectivity index (χ0) is 19.8. The first-order chi connectivity index (χ1) is 13.7. The summed E-state index contributed by atoms with van der Waals surface area (Å²) in [6, 6.07) is 15.5. The van der Waals surface area contributed by atoms with Gasteiger partial charge in [0.2, 0.25) is 5.91 Å². The lowest BCUT2D eigenvalue weighted by Gasteiger charge is -2.07. The summed E-state index contributed by atoms with van der Waals surface area (Å²) in [6.07, 6.45) is 9.68. The van der Waals surface area contributed by atoms with Gasteiger partial charge in [0.15, 0.2) is 0 Å². The Bertz CT molecular complexity index is 987. The molecule has 28 heavy (non-hydrogen) atoms. The number of terminal acetylenes is 1. The van der Waals surface area contributed by atoms with E-state index in [-0.39, 0.29) is 5.91 Å². The molecule has 1 N–H and O–H groups in total. The van der Waals surface area contributed by atoms with Crippen LogP contribution in [0.4, 0.5) is 0 Å². The number of unbranched alkanes of at least 4 members (excludes halogenated alkanes) is 2. The Labute approximate surface area is 170 Å². The number of carbonyl (C=O) groups excluding carboxylic acids is 1. The summed E-state index contributed by atoms with van der Waals surface area (Å²) in [6.45, 7) is 1.21. The first kappa shape index (κ1) is 20.0. The molecule has 3 aromatic rings. The molecular formula is C23H24ClN3O. The van der Waals surface area contributed by atoms with Crippen LogP contribution in [0.2, 0.25) is 5.02 Å². The topological polar surface area (TPSA) is 46.9 Å². The number of hydrogen-bond acceptors (Lipinski definition) is 2. The fraction of sp³-hybridized carbons (Fsp3) is 0.304. The molecule has 0 bridgehead atoms. The average Bonchev–Trinajstić information content (AvgIpc) is 3.04. The van der Waals surface area contributed by atoms with E-state index in [2.05, 4.69) is 21.9 Å². The van der Waals surface area contributed by atoms with Gasteiger partial charge in [-0.25, -0.2) is 4.98 Å². The van der Waals surface area contributed by atoms with E-state index in [9.17, 15) is 4.79 Å². The molecule has 3 rings (SSSR count). The smallest absolute Gasteiger partial charge is 0.224 e. The van der Waals surface area contributed by atoms with Crippen LogP contribution in [0.1, 0.15) is 30.7 Å². The summed E-state index contributed by atoms with van der Waals surface area (Å²) in [7, 11) is 0. The summed E-state index contributed by atoms with van der Waals surface area (Å²) in [5.74, 6) is 3.75. The van der Waals surface area contributed by atoms with Crippen molar-refractivity contribution in [3.8, 4) is 12.3 Å². The van der Waals surface area contributed by atoms with Crippen molar-refractivity contribution < 1.29 is 4.79 Å². The van der Waals surface area contributed by atoms with E-state index < -0.39 is 0 Å². The third-order valence-corrected chi connectivity index (χ3v) is 5.06. The molecule has 1 amide bonds. The molecule has 0 atom stereocenters. The first-order valence-corrected chi connectivity index (χ1v) is 9.94. The summed E-state index contributed by atoms with van der Waals surface area (Å²) < 4.78 is 2.11. The van der Waals surface area contributed by atoms with Crippen molar-refractivity contribution in [3.63, 3.8) is 0 Å². The van der Waals surface area contributed by atoms with Crippen LogP contribution in [-0.2, 0) is 24.2 Å². The summed E-state index contributed by atoms with van der Waals surface area (Å²) in [5, 5.41) is 3.60. The Morgan fingerprint density at radius 2 is 1.89 bits per heavy atom. The monoisotopic (exact) mass is 393 g/mol. The third kappa shape index (κ3) is 5.15. The summed E-state index contributed by atoms with van der Waals surface area (Å²) in [4.78, 5) is 16.8. The van der Waals surface area contributed by atoms with E-state index in [4.69, 9.17) is 23.0 Å².